The van der Waals surface area contributed by atoms with Crippen LogP contribution in [0.1, 0.15) is 36.0 Å². The molecule has 168 valence electrons. The summed E-state index contributed by atoms with van der Waals surface area (Å²) >= 11 is 1.72. The Hall–Kier alpha value is -2.96. The zero-order valence-corrected chi connectivity index (χ0v) is 20.0. The van der Waals surface area contributed by atoms with E-state index in [9.17, 15) is 0 Å². The number of thiophene rings is 1. The van der Waals surface area contributed by atoms with Crippen molar-refractivity contribution in [2.75, 3.05) is 13.1 Å². The molecule has 4 heterocycles. The van der Waals surface area contributed by atoms with Crippen LogP contribution in [0.2, 0.25) is 0 Å². The Morgan fingerprint density at radius 3 is 2.67 bits per heavy atom. The molecule has 5 aromatic rings. The Kier molecular flexibility index (Phi) is 5.07. The number of hydrogen-bond donors (Lipinski definition) is 0. The van der Waals surface area contributed by atoms with Crippen molar-refractivity contribution in [3.8, 4) is 11.6 Å². The molecule has 1 saturated heterocycles. The largest absolute Gasteiger partial charge is 0.456 e. The van der Waals surface area contributed by atoms with Crippen molar-refractivity contribution in [3.05, 3.63) is 58.7 Å². The van der Waals surface area contributed by atoms with Gasteiger partial charge in [0.15, 0.2) is 0 Å². The normalized spacial score (nSPS) is 15.7. The van der Waals surface area contributed by atoms with Gasteiger partial charge in [0.05, 0.1) is 11.9 Å². The number of piperidine rings is 1. The highest BCUT2D eigenvalue weighted by Gasteiger charge is 2.21. The van der Waals surface area contributed by atoms with Gasteiger partial charge in [-0.3, -0.25) is 4.90 Å². The predicted molar refractivity (Wildman–Crippen MR) is 134 cm³/mol. The van der Waals surface area contributed by atoms with E-state index in [-0.39, 0.29) is 0 Å². The lowest BCUT2D eigenvalue weighted by atomic mass is 9.99. The summed E-state index contributed by atoms with van der Waals surface area (Å²) in [6.45, 7) is 9.57. The van der Waals surface area contributed by atoms with Crippen molar-refractivity contribution in [2.45, 2.75) is 40.2 Å². The van der Waals surface area contributed by atoms with Gasteiger partial charge in [0, 0.05) is 15.6 Å². The molecule has 0 saturated carbocycles. The molecule has 33 heavy (non-hydrogen) atoms. The van der Waals surface area contributed by atoms with Gasteiger partial charge < -0.3 is 9.15 Å². The van der Waals surface area contributed by atoms with Crippen LogP contribution in [0.15, 0.2) is 46.9 Å². The number of aromatic nitrogens is 2. The minimum atomic E-state index is 0.648. The van der Waals surface area contributed by atoms with Crippen molar-refractivity contribution in [1.29, 1.82) is 0 Å². The quantitative estimate of drug-likeness (QED) is 0.285. The first kappa shape index (κ1) is 20.6. The standard InChI is InChI=1S/C27H27N3O2S/c1-16-10-12-30(13-11-16)15-24-28-26(25-17(2)18(3)33-27(25)29-24)31-19-8-9-23-21(14-19)20-6-4-5-7-22(20)32-23/h4-9,14,16H,10-13,15H2,1-3H3. The lowest BCUT2D eigenvalue weighted by Crippen LogP contribution is -2.32. The molecule has 1 aliphatic heterocycles. The first-order valence-electron chi connectivity index (χ1n) is 11.6. The zero-order valence-electron chi connectivity index (χ0n) is 19.2. The number of hydrogen-bond acceptors (Lipinski definition) is 6. The van der Waals surface area contributed by atoms with Gasteiger partial charge in [-0.05, 0) is 75.5 Å². The highest BCUT2D eigenvalue weighted by atomic mass is 32.1. The second-order valence-electron chi connectivity index (χ2n) is 9.23. The molecule has 0 N–H and O–H groups in total. The van der Waals surface area contributed by atoms with Crippen LogP contribution in [0.5, 0.6) is 11.6 Å². The van der Waals surface area contributed by atoms with E-state index < -0.39 is 0 Å². The third-order valence-electron chi connectivity index (χ3n) is 6.85. The summed E-state index contributed by atoms with van der Waals surface area (Å²) in [7, 11) is 0. The zero-order chi connectivity index (χ0) is 22.5. The van der Waals surface area contributed by atoms with E-state index in [1.807, 2.05) is 30.3 Å². The Balaban J connectivity index is 1.39. The van der Waals surface area contributed by atoms with Gasteiger partial charge >= 0.3 is 0 Å². The highest BCUT2D eigenvalue weighted by molar-refractivity contribution is 7.18. The van der Waals surface area contributed by atoms with Crippen molar-refractivity contribution in [1.82, 2.24) is 14.9 Å². The topological polar surface area (TPSA) is 51.4 Å². The molecule has 3 aromatic heterocycles. The van der Waals surface area contributed by atoms with Gasteiger partial charge in [-0.1, -0.05) is 25.1 Å². The summed E-state index contributed by atoms with van der Waals surface area (Å²) in [5.41, 5.74) is 2.94. The summed E-state index contributed by atoms with van der Waals surface area (Å²) in [6, 6.07) is 14.1. The molecular formula is C27H27N3O2S. The average Bonchev–Trinajstić information content (AvgIpc) is 3.32. The van der Waals surface area contributed by atoms with E-state index in [1.165, 1.54) is 23.3 Å². The molecule has 0 amide bonds. The molecule has 0 atom stereocenters. The average molecular weight is 458 g/mol. The summed E-state index contributed by atoms with van der Waals surface area (Å²) in [5, 5.41) is 3.16. The molecule has 6 heteroatoms. The first-order valence-corrected chi connectivity index (χ1v) is 12.4. The number of fused-ring (bicyclic) bond motifs is 4. The van der Waals surface area contributed by atoms with Crippen LogP contribution >= 0.6 is 11.3 Å². The number of likely N-dealkylation sites (tertiary alicyclic amines) is 1. The lowest BCUT2D eigenvalue weighted by Gasteiger charge is -2.29. The van der Waals surface area contributed by atoms with Crippen molar-refractivity contribution < 1.29 is 9.15 Å². The summed E-state index contributed by atoms with van der Waals surface area (Å²) in [4.78, 5) is 14.6. The van der Waals surface area contributed by atoms with Crippen molar-refractivity contribution in [2.24, 2.45) is 5.92 Å². The molecule has 1 aliphatic rings. The molecule has 0 spiro atoms. The van der Waals surface area contributed by atoms with Gasteiger partial charge in [-0.25, -0.2) is 4.98 Å². The maximum Gasteiger partial charge on any atom is 0.231 e. The van der Waals surface area contributed by atoms with E-state index in [0.29, 0.717) is 5.88 Å². The molecule has 0 unspecified atom stereocenters. The molecule has 2 aromatic carbocycles. The Morgan fingerprint density at radius 2 is 1.82 bits per heavy atom. The third-order valence-corrected chi connectivity index (χ3v) is 7.95. The van der Waals surface area contributed by atoms with Gasteiger partial charge in [0.2, 0.25) is 5.88 Å². The molecule has 5 nitrogen and oxygen atoms in total. The molecule has 0 bridgehead atoms. The SMILES string of the molecule is Cc1sc2nc(CN3CCC(C)CC3)nc(Oc3ccc4oc5ccccc5c4c3)c2c1C. The smallest absolute Gasteiger partial charge is 0.231 e. The number of aryl methyl sites for hydroxylation is 2. The number of rotatable bonds is 4. The molecular weight excluding hydrogens is 430 g/mol. The summed E-state index contributed by atoms with van der Waals surface area (Å²) in [6.07, 6.45) is 2.48. The van der Waals surface area contributed by atoms with E-state index in [1.54, 1.807) is 11.3 Å². The van der Waals surface area contributed by atoms with Crippen LogP contribution in [0.3, 0.4) is 0 Å². The fourth-order valence-electron chi connectivity index (χ4n) is 4.70. The second-order valence-corrected chi connectivity index (χ2v) is 10.4. The Morgan fingerprint density at radius 1 is 1.03 bits per heavy atom. The highest BCUT2D eigenvalue weighted by Crippen LogP contribution is 2.38. The Labute approximate surface area is 197 Å². The minimum Gasteiger partial charge on any atom is -0.456 e. The minimum absolute atomic E-state index is 0.648. The summed E-state index contributed by atoms with van der Waals surface area (Å²) in [5.74, 6) is 3.05. The number of benzene rings is 2. The number of ether oxygens (including phenoxy) is 1. The van der Waals surface area contributed by atoms with Crippen LogP contribution in [-0.2, 0) is 6.54 Å². The molecule has 0 aliphatic carbocycles. The monoisotopic (exact) mass is 457 g/mol. The molecule has 0 radical (unpaired) electrons. The van der Waals surface area contributed by atoms with E-state index in [4.69, 9.17) is 19.1 Å². The fourth-order valence-corrected chi connectivity index (χ4v) is 5.74. The molecule has 6 rings (SSSR count). The predicted octanol–water partition coefficient (Wildman–Crippen LogP) is 7.23. The van der Waals surface area contributed by atoms with Crippen LogP contribution < -0.4 is 4.74 Å². The van der Waals surface area contributed by atoms with Crippen LogP contribution in [0.4, 0.5) is 0 Å². The van der Waals surface area contributed by atoms with E-state index in [2.05, 4.69) is 37.8 Å². The first-order chi connectivity index (χ1) is 16.0. The van der Waals surface area contributed by atoms with Gasteiger partial charge in [0.1, 0.15) is 27.6 Å². The lowest BCUT2D eigenvalue weighted by molar-refractivity contribution is 0.181. The number of nitrogens with zero attached hydrogens (tertiary/aromatic N) is 3. The number of furan rings is 1. The van der Waals surface area contributed by atoms with E-state index >= 15 is 0 Å². The van der Waals surface area contributed by atoms with E-state index in [0.717, 1.165) is 69.3 Å². The van der Waals surface area contributed by atoms with Crippen molar-refractivity contribution in [3.63, 3.8) is 0 Å². The summed E-state index contributed by atoms with van der Waals surface area (Å²) < 4.78 is 12.4. The third kappa shape index (κ3) is 3.77. The second kappa shape index (κ2) is 8.12. The van der Waals surface area contributed by atoms with Crippen LogP contribution in [0, 0.1) is 19.8 Å². The maximum absolute atomic E-state index is 6.45. The van der Waals surface area contributed by atoms with Crippen LogP contribution in [-0.4, -0.2) is 28.0 Å². The van der Waals surface area contributed by atoms with Gasteiger partial charge in [-0.2, -0.15) is 4.98 Å². The Bertz CT molecular complexity index is 1480. The fraction of sp³-hybridized carbons (Fsp3) is 0.333. The maximum atomic E-state index is 6.45. The van der Waals surface area contributed by atoms with Gasteiger partial charge in [-0.15, -0.1) is 11.3 Å². The van der Waals surface area contributed by atoms with Crippen molar-refractivity contribution >= 4 is 43.5 Å². The van der Waals surface area contributed by atoms with Crippen LogP contribution in [0.25, 0.3) is 32.2 Å². The van der Waals surface area contributed by atoms with Gasteiger partial charge in [0.25, 0.3) is 0 Å². The molecule has 1 fully saturated rings. The number of para-hydroxylation sites is 1.